The summed E-state index contributed by atoms with van der Waals surface area (Å²) in [5, 5.41) is 3.13. The van der Waals surface area contributed by atoms with Gasteiger partial charge in [-0.1, -0.05) is 5.92 Å². The van der Waals surface area contributed by atoms with Crippen molar-refractivity contribution in [3.8, 4) is 12.3 Å². The van der Waals surface area contributed by atoms with E-state index in [0.717, 1.165) is 24.8 Å². The van der Waals surface area contributed by atoms with E-state index in [-0.39, 0.29) is 17.9 Å². The number of thiophene rings is 1. The Morgan fingerprint density at radius 1 is 1.53 bits per heavy atom. The average molecular weight is 273 g/mol. The van der Waals surface area contributed by atoms with E-state index in [1.165, 1.54) is 16.2 Å². The van der Waals surface area contributed by atoms with E-state index in [0.29, 0.717) is 10.2 Å². The summed E-state index contributed by atoms with van der Waals surface area (Å²) in [4.78, 5) is 32.5. The number of aromatic amines is 1. The molecule has 0 bridgehead atoms. The van der Waals surface area contributed by atoms with E-state index in [1.807, 2.05) is 0 Å². The molecule has 5 nitrogen and oxygen atoms in total. The van der Waals surface area contributed by atoms with E-state index < -0.39 is 5.91 Å². The summed E-state index contributed by atoms with van der Waals surface area (Å²) in [7, 11) is 0. The number of hydrogen-bond acceptors (Lipinski definition) is 4. The van der Waals surface area contributed by atoms with E-state index in [4.69, 9.17) is 6.42 Å². The third-order valence-electron chi connectivity index (χ3n) is 3.14. The van der Waals surface area contributed by atoms with Crippen LogP contribution in [0.2, 0.25) is 0 Å². The summed E-state index contributed by atoms with van der Waals surface area (Å²) in [6, 6.07) is 0. The lowest BCUT2D eigenvalue weighted by atomic mass is 10.2. The standard InChI is InChI=1S/C13H11N3O2S/c1-2-6-14-12(18)10-15-11(17)9-7-4-3-5-8(7)19-13(9)16-10/h1H,3-6H2,(H,14,18)(H,15,16,17). The molecule has 0 spiro atoms. The van der Waals surface area contributed by atoms with Gasteiger partial charge in [-0.05, 0) is 24.8 Å². The monoisotopic (exact) mass is 273 g/mol. The van der Waals surface area contributed by atoms with E-state index in [2.05, 4.69) is 21.2 Å². The Balaban J connectivity index is 2.09. The van der Waals surface area contributed by atoms with Gasteiger partial charge in [-0.3, -0.25) is 9.59 Å². The molecule has 0 aliphatic heterocycles. The lowest BCUT2D eigenvalue weighted by molar-refractivity contribution is 0.0948. The van der Waals surface area contributed by atoms with Gasteiger partial charge in [0.15, 0.2) is 0 Å². The highest BCUT2D eigenvalue weighted by atomic mass is 32.1. The molecule has 0 radical (unpaired) electrons. The zero-order valence-corrected chi connectivity index (χ0v) is 10.9. The fraction of sp³-hybridized carbons (Fsp3) is 0.308. The summed E-state index contributed by atoms with van der Waals surface area (Å²) < 4.78 is 0. The summed E-state index contributed by atoms with van der Waals surface area (Å²) >= 11 is 1.50. The van der Waals surface area contributed by atoms with Crippen molar-refractivity contribution in [2.24, 2.45) is 0 Å². The highest BCUT2D eigenvalue weighted by Gasteiger charge is 2.22. The lowest BCUT2D eigenvalue weighted by Crippen LogP contribution is -2.28. The molecule has 2 N–H and O–H groups in total. The number of aryl methyl sites for hydroxylation is 2. The van der Waals surface area contributed by atoms with Gasteiger partial charge in [0.25, 0.3) is 11.5 Å². The number of fused-ring (bicyclic) bond motifs is 3. The minimum atomic E-state index is -0.453. The Labute approximate surface area is 113 Å². The molecule has 0 fully saturated rings. The first-order chi connectivity index (χ1) is 9.20. The van der Waals surface area contributed by atoms with Gasteiger partial charge < -0.3 is 10.3 Å². The lowest BCUT2D eigenvalue weighted by Gasteiger charge is -2.01. The van der Waals surface area contributed by atoms with Crippen LogP contribution >= 0.6 is 11.3 Å². The molecule has 0 aromatic carbocycles. The minimum absolute atomic E-state index is 0.0210. The maximum atomic E-state index is 12.1. The number of nitrogens with one attached hydrogen (secondary N) is 2. The molecule has 0 saturated carbocycles. The van der Waals surface area contributed by atoms with E-state index in [1.54, 1.807) is 0 Å². The molecule has 3 rings (SSSR count). The second-order valence-corrected chi connectivity index (χ2v) is 5.42. The number of amides is 1. The van der Waals surface area contributed by atoms with Crippen LogP contribution in [0.4, 0.5) is 0 Å². The van der Waals surface area contributed by atoms with Crippen LogP contribution in [-0.2, 0) is 12.8 Å². The second kappa shape index (κ2) is 4.52. The van der Waals surface area contributed by atoms with Crippen molar-refractivity contribution in [3.63, 3.8) is 0 Å². The van der Waals surface area contributed by atoms with E-state index >= 15 is 0 Å². The number of hydrogen-bond donors (Lipinski definition) is 2. The number of terminal acetylenes is 1. The van der Waals surface area contributed by atoms with Crippen molar-refractivity contribution in [1.29, 1.82) is 0 Å². The molecule has 1 amide bonds. The number of nitrogens with zero attached hydrogens (tertiary/aromatic N) is 1. The van der Waals surface area contributed by atoms with Crippen LogP contribution in [0.1, 0.15) is 27.5 Å². The molecule has 2 heterocycles. The summed E-state index contributed by atoms with van der Waals surface area (Å²) in [6.45, 7) is 0.113. The minimum Gasteiger partial charge on any atom is -0.338 e. The van der Waals surface area contributed by atoms with Crippen LogP contribution in [-0.4, -0.2) is 22.4 Å². The van der Waals surface area contributed by atoms with Crippen LogP contribution in [0.5, 0.6) is 0 Å². The average Bonchev–Trinajstić information content (AvgIpc) is 2.95. The Kier molecular flexibility index (Phi) is 2.84. The Bertz CT molecular complexity index is 767. The summed E-state index contributed by atoms with van der Waals surface area (Å²) in [5.74, 6) is 1.87. The van der Waals surface area contributed by atoms with Crippen molar-refractivity contribution in [2.75, 3.05) is 6.54 Å². The Morgan fingerprint density at radius 3 is 3.16 bits per heavy atom. The number of rotatable bonds is 2. The normalized spacial score (nSPS) is 13.2. The smallest absolute Gasteiger partial charge is 0.287 e. The maximum absolute atomic E-state index is 12.1. The van der Waals surface area contributed by atoms with Gasteiger partial charge in [-0.25, -0.2) is 4.98 Å². The third-order valence-corrected chi connectivity index (χ3v) is 4.33. The summed E-state index contributed by atoms with van der Waals surface area (Å²) in [6.07, 6.45) is 8.07. The molecule has 0 unspecified atom stereocenters. The molecule has 1 aliphatic rings. The first kappa shape index (κ1) is 11.9. The Hall–Kier alpha value is -2.13. The zero-order valence-electron chi connectivity index (χ0n) is 10.1. The molecule has 0 saturated heterocycles. The highest BCUT2D eigenvalue weighted by molar-refractivity contribution is 7.18. The topological polar surface area (TPSA) is 74.8 Å². The number of carbonyl (C=O) groups is 1. The second-order valence-electron chi connectivity index (χ2n) is 4.34. The molecule has 1 aliphatic carbocycles. The third kappa shape index (κ3) is 1.92. The van der Waals surface area contributed by atoms with Crippen molar-refractivity contribution >= 4 is 27.5 Å². The largest absolute Gasteiger partial charge is 0.338 e. The molecule has 2 aromatic heterocycles. The quantitative estimate of drug-likeness (QED) is 0.796. The van der Waals surface area contributed by atoms with Crippen LogP contribution in [0.3, 0.4) is 0 Å². The molecule has 96 valence electrons. The van der Waals surface area contributed by atoms with Crippen molar-refractivity contribution < 1.29 is 4.79 Å². The van der Waals surface area contributed by atoms with Gasteiger partial charge >= 0.3 is 0 Å². The van der Waals surface area contributed by atoms with Crippen molar-refractivity contribution in [1.82, 2.24) is 15.3 Å². The molecular weight excluding hydrogens is 262 g/mol. The predicted octanol–water partition coefficient (Wildman–Crippen LogP) is 0.836. The molecule has 0 atom stereocenters. The van der Waals surface area contributed by atoms with Crippen LogP contribution in [0.25, 0.3) is 10.2 Å². The van der Waals surface area contributed by atoms with Crippen molar-refractivity contribution in [2.45, 2.75) is 19.3 Å². The van der Waals surface area contributed by atoms with Crippen molar-refractivity contribution in [3.05, 3.63) is 26.6 Å². The van der Waals surface area contributed by atoms with Gasteiger partial charge in [0.2, 0.25) is 5.82 Å². The van der Waals surface area contributed by atoms with Gasteiger partial charge in [-0.2, -0.15) is 0 Å². The van der Waals surface area contributed by atoms with Gasteiger partial charge in [0.05, 0.1) is 11.9 Å². The molecular formula is C13H11N3O2S. The predicted molar refractivity (Wildman–Crippen MR) is 73.4 cm³/mol. The van der Waals surface area contributed by atoms with Gasteiger partial charge in [-0.15, -0.1) is 17.8 Å². The van der Waals surface area contributed by atoms with E-state index in [9.17, 15) is 9.59 Å². The Morgan fingerprint density at radius 2 is 2.37 bits per heavy atom. The van der Waals surface area contributed by atoms with Crippen LogP contribution in [0.15, 0.2) is 4.79 Å². The van der Waals surface area contributed by atoms with Gasteiger partial charge in [0.1, 0.15) is 4.83 Å². The molecule has 19 heavy (non-hydrogen) atoms. The van der Waals surface area contributed by atoms with Gasteiger partial charge in [0, 0.05) is 4.88 Å². The first-order valence-electron chi connectivity index (χ1n) is 5.97. The summed E-state index contributed by atoms with van der Waals surface area (Å²) in [5.41, 5.74) is 0.861. The van der Waals surface area contributed by atoms with Crippen LogP contribution < -0.4 is 10.9 Å². The molecule has 6 heteroatoms. The molecule has 2 aromatic rings. The van der Waals surface area contributed by atoms with Crippen LogP contribution in [0, 0.1) is 12.3 Å². The SMILES string of the molecule is C#CCNC(=O)c1nc2sc3c(c2c(=O)[nH]1)CCC3. The maximum Gasteiger partial charge on any atom is 0.287 e. The number of H-pyrrole nitrogens is 1. The fourth-order valence-corrected chi connectivity index (χ4v) is 3.59. The fourth-order valence-electron chi connectivity index (χ4n) is 2.32. The number of carbonyl (C=O) groups excluding carboxylic acids is 1. The highest BCUT2D eigenvalue weighted by Crippen LogP contribution is 2.34. The first-order valence-corrected chi connectivity index (χ1v) is 6.78. The number of aromatic nitrogens is 2. The zero-order chi connectivity index (χ0) is 13.4.